The van der Waals surface area contributed by atoms with Crippen LogP contribution in [0, 0.1) is 6.92 Å². The summed E-state index contributed by atoms with van der Waals surface area (Å²) in [4.78, 5) is 32.1. The van der Waals surface area contributed by atoms with Gasteiger partial charge in [0.1, 0.15) is 21.2 Å². The largest absolute Gasteiger partial charge is 0.497 e. The highest BCUT2D eigenvalue weighted by molar-refractivity contribution is 7.21. The Morgan fingerprint density at radius 3 is 2.30 bits per heavy atom. The summed E-state index contributed by atoms with van der Waals surface area (Å²) >= 11 is 1.22. The van der Waals surface area contributed by atoms with Crippen molar-refractivity contribution in [3.05, 3.63) is 70.2 Å². The number of aryl methyl sites for hydroxylation is 1. The monoisotopic (exact) mass is 518 g/mol. The number of methoxy groups -OCH3 is 1. The molecule has 0 aliphatic heterocycles. The molecule has 4 rings (SSSR count). The molecule has 2 aromatic carbocycles. The number of aromatic nitrogens is 1. The Morgan fingerprint density at radius 2 is 1.68 bits per heavy atom. The van der Waals surface area contributed by atoms with Gasteiger partial charge < -0.3 is 19.9 Å². The third-order valence-corrected chi connectivity index (χ3v) is 7.10. The van der Waals surface area contributed by atoms with Crippen LogP contribution in [0.4, 0.5) is 5.69 Å². The Labute approximate surface area is 220 Å². The van der Waals surface area contributed by atoms with Crippen LogP contribution in [-0.4, -0.2) is 37.1 Å². The number of hydrogen-bond donors (Lipinski definition) is 1. The maximum Gasteiger partial charge on any atom is 0.340 e. The first kappa shape index (κ1) is 26.2. The van der Waals surface area contributed by atoms with Crippen molar-refractivity contribution in [3.63, 3.8) is 0 Å². The lowest BCUT2D eigenvalue weighted by Gasteiger charge is -2.14. The van der Waals surface area contributed by atoms with Crippen LogP contribution in [0.15, 0.2) is 48.5 Å². The predicted octanol–water partition coefficient (Wildman–Crippen LogP) is 6.45. The van der Waals surface area contributed by atoms with Crippen LogP contribution in [-0.2, 0) is 4.74 Å². The molecule has 2 N–H and O–H groups in total. The number of nitrogens with two attached hydrogens (primary N) is 1. The molecule has 0 saturated carbocycles. The summed E-state index contributed by atoms with van der Waals surface area (Å²) in [5.74, 6) is 0.692. The lowest BCUT2D eigenvalue weighted by molar-refractivity contribution is 0.0526. The van der Waals surface area contributed by atoms with Gasteiger partial charge in [0.25, 0.3) is 0 Å². The van der Waals surface area contributed by atoms with E-state index in [1.165, 1.54) is 11.3 Å². The first-order valence-corrected chi connectivity index (χ1v) is 13.0. The molecule has 0 aliphatic rings. The molecule has 0 atom stereocenters. The Hall–Kier alpha value is -3.91. The summed E-state index contributed by atoms with van der Waals surface area (Å²) in [6.45, 7) is 6.49. The number of pyridine rings is 1. The summed E-state index contributed by atoms with van der Waals surface area (Å²) in [6.07, 6.45) is 2.01. The molecular formula is C29H30N2O5S. The topological polar surface area (TPSA) is 101 Å². The minimum absolute atomic E-state index is 0.218. The number of benzene rings is 2. The number of fused-ring (bicyclic) bond motifs is 1. The zero-order valence-electron chi connectivity index (χ0n) is 21.4. The molecule has 192 valence electrons. The zero-order chi connectivity index (χ0) is 26.5. The number of carbonyl (C=O) groups is 2. The molecule has 0 spiro atoms. The number of thiophene rings is 1. The highest BCUT2D eigenvalue weighted by Crippen LogP contribution is 2.43. The highest BCUT2D eigenvalue weighted by atomic mass is 32.1. The van der Waals surface area contributed by atoms with Crippen molar-refractivity contribution in [1.82, 2.24) is 4.98 Å². The van der Waals surface area contributed by atoms with Crippen LogP contribution < -0.4 is 15.2 Å². The van der Waals surface area contributed by atoms with Gasteiger partial charge in [0.15, 0.2) is 0 Å². The third-order valence-electron chi connectivity index (χ3n) is 6.01. The second-order valence-corrected chi connectivity index (χ2v) is 9.48. The minimum atomic E-state index is -0.485. The minimum Gasteiger partial charge on any atom is -0.497 e. The van der Waals surface area contributed by atoms with Crippen LogP contribution in [0.2, 0.25) is 0 Å². The molecule has 0 amide bonds. The molecule has 0 fully saturated rings. The molecule has 2 aromatic heterocycles. The number of nitrogen functional groups attached to an aromatic ring is 1. The molecule has 0 radical (unpaired) electrons. The number of nitrogens with zero attached hydrogens (tertiary/aromatic N) is 1. The Bertz CT molecular complexity index is 1430. The smallest absolute Gasteiger partial charge is 0.340 e. The highest BCUT2D eigenvalue weighted by Gasteiger charge is 2.27. The molecule has 0 aliphatic carbocycles. The van der Waals surface area contributed by atoms with Gasteiger partial charge in [-0.2, -0.15) is 0 Å². The van der Waals surface area contributed by atoms with E-state index in [2.05, 4.69) is 11.9 Å². The SMILES string of the molecule is CCCCOc1ccc(-c2c(C(=O)OCC)c(C)nc3sc(C(=O)c4ccc(OC)cc4)c(N)c23)cc1. The number of esters is 1. The quantitative estimate of drug-likeness (QED) is 0.146. The van der Waals surface area contributed by atoms with E-state index in [1.54, 1.807) is 45.2 Å². The maximum atomic E-state index is 13.4. The van der Waals surface area contributed by atoms with Crippen molar-refractivity contribution in [1.29, 1.82) is 0 Å². The van der Waals surface area contributed by atoms with Gasteiger partial charge in [0.05, 0.1) is 37.3 Å². The van der Waals surface area contributed by atoms with Crippen LogP contribution in [0.1, 0.15) is 58.0 Å². The second-order valence-electron chi connectivity index (χ2n) is 8.48. The van der Waals surface area contributed by atoms with E-state index in [9.17, 15) is 9.59 Å². The average molecular weight is 519 g/mol. The predicted molar refractivity (Wildman–Crippen MR) is 147 cm³/mol. The molecule has 0 saturated heterocycles. The molecule has 4 aromatic rings. The van der Waals surface area contributed by atoms with Crippen molar-refractivity contribution in [2.75, 3.05) is 26.1 Å². The number of anilines is 1. The van der Waals surface area contributed by atoms with Gasteiger partial charge in [-0.25, -0.2) is 9.78 Å². The van der Waals surface area contributed by atoms with Crippen LogP contribution in [0.3, 0.4) is 0 Å². The maximum absolute atomic E-state index is 13.4. The Balaban J connectivity index is 1.88. The third kappa shape index (κ3) is 5.29. The molecule has 8 heteroatoms. The van der Waals surface area contributed by atoms with E-state index >= 15 is 0 Å². The van der Waals surface area contributed by atoms with Gasteiger partial charge in [-0.1, -0.05) is 25.5 Å². The fraction of sp³-hybridized carbons (Fsp3) is 0.276. The molecule has 0 bridgehead atoms. The lowest BCUT2D eigenvalue weighted by Crippen LogP contribution is -2.10. The van der Waals surface area contributed by atoms with Crippen molar-refractivity contribution >= 4 is 39.0 Å². The number of rotatable bonds is 10. The first-order valence-electron chi connectivity index (χ1n) is 12.2. The molecule has 2 heterocycles. The van der Waals surface area contributed by atoms with Gasteiger partial charge in [-0.15, -0.1) is 11.3 Å². The fourth-order valence-electron chi connectivity index (χ4n) is 4.10. The van der Waals surface area contributed by atoms with E-state index in [1.807, 2.05) is 24.3 Å². The molecule has 7 nitrogen and oxygen atoms in total. The van der Waals surface area contributed by atoms with Crippen LogP contribution in [0.25, 0.3) is 21.3 Å². The van der Waals surface area contributed by atoms with E-state index < -0.39 is 5.97 Å². The second kappa shape index (κ2) is 11.4. The van der Waals surface area contributed by atoms with Gasteiger partial charge in [0.2, 0.25) is 5.78 Å². The fourth-order valence-corrected chi connectivity index (χ4v) is 5.21. The van der Waals surface area contributed by atoms with E-state index in [4.69, 9.17) is 19.9 Å². The van der Waals surface area contributed by atoms with Crippen molar-refractivity contribution in [2.45, 2.75) is 33.6 Å². The van der Waals surface area contributed by atoms with Crippen molar-refractivity contribution < 1.29 is 23.8 Å². The normalized spacial score (nSPS) is 10.9. The van der Waals surface area contributed by atoms with Gasteiger partial charge in [-0.05, 0) is 62.2 Å². The summed E-state index contributed by atoms with van der Waals surface area (Å²) < 4.78 is 16.4. The van der Waals surface area contributed by atoms with Gasteiger partial charge >= 0.3 is 5.97 Å². The summed E-state index contributed by atoms with van der Waals surface area (Å²) in [5.41, 5.74) is 9.60. The van der Waals surface area contributed by atoms with Crippen molar-refractivity contribution in [3.8, 4) is 22.6 Å². The number of ether oxygens (including phenoxy) is 3. The zero-order valence-corrected chi connectivity index (χ0v) is 22.2. The van der Waals surface area contributed by atoms with Crippen LogP contribution >= 0.6 is 11.3 Å². The van der Waals surface area contributed by atoms with E-state index in [-0.39, 0.29) is 18.1 Å². The van der Waals surface area contributed by atoms with Gasteiger partial charge in [-0.3, -0.25) is 4.79 Å². The number of hydrogen-bond acceptors (Lipinski definition) is 8. The summed E-state index contributed by atoms with van der Waals surface area (Å²) in [5, 5.41) is 0.565. The number of ketones is 1. The average Bonchev–Trinajstić information content (AvgIpc) is 3.23. The molecule has 37 heavy (non-hydrogen) atoms. The summed E-state index contributed by atoms with van der Waals surface area (Å²) in [6, 6.07) is 14.4. The van der Waals surface area contributed by atoms with E-state index in [0.717, 1.165) is 24.2 Å². The van der Waals surface area contributed by atoms with Crippen LogP contribution in [0.5, 0.6) is 11.5 Å². The molecular weight excluding hydrogens is 488 g/mol. The van der Waals surface area contributed by atoms with Gasteiger partial charge in [0, 0.05) is 16.5 Å². The summed E-state index contributed by atoms with van der Waals surface area (Å²) in [7, 11) is 1.57. The van der Waals surface area contributed by atoms with E-state index in [0.29, 0.717) is 49.8 Å². The lowest BCUT2D eigenvalue weighted by atomic mass is 9.94. The number of unbranched alkanes of at least 4 members (excludes halogenated alkanes) is 1. The first-order chi connectivity index (χ1) is 17.9. The molecule has 0 unspecified atom stereocenters. The van der Waals surface area contributed by atoms with Crippen molar-refractivity contribution in [2.24, 2.45) is 0 Å². The standard InChI is InChI=1S/C29H30N2O5S/c1-5-7-16-36-21-14-8-18(9-15-21)23-22(29(33)35-6-2)17(3)31-28-24(23)25(30)27(37-28)26(32)19-10-12-20(34-4)13-11-19/h8-15H,5-7,16,30H2,1-4H3. The Kier molecular flexibility index (Phi) is 8.08. The Morgan fingerprint density at radius 1 is 1.00 bits per heavy atom. The number of carbonyl (C=O) groups excluding carboxylic acids is 2.